The van der Waals surface area contributed by atoms with Crippen LogP contribution in [0.3, 0.4) is 0 Å². The number of unbranched alkanes of at least 4 members (excludes halogenated alkanes) is 12. The van der Waals surface area contributed by atoms with Crippen molar-refractivity contribution < 1.29 is 9.53 Å². The van der Waals surface area contributed by atoms with Crippen LogP contribution in [0.15, 0.2) is 18.2 Å². The Morgan fingerprint density at radius 2 is 1.23 bits per heavy atom. The molecule has 0 radical (unpaired) electrons. The number of anilines is 1. The lowest BCUT2D eigenvalue weighted by atomic mass is 10.1. The van der Waals surface area contributed by atoms with Crippen molar-refractivity contribution >= 4 is 12.0 Å². The molecular weight excluding hydrogens is 382 g/mol. The molecule has 0 bridgehead atoms. The van der Waals surface area contributed by atoms with Crippen molar-refractivity contribution in [1.82, 2.24) is 0 Å². The Labute approximate surface area is 192 Å². The SMILES string of the molecule is CCCCCCCOc1cc(N(CCCCCCC)CCCCCCC)ccc1C=O. The Hall–Kier alpha value is -1.51. The highest BCUT2D eigenvalue weighted by Crippen LogP contribution is 2.26. The number of benzene rings is 1. The number of ether oxygens (including phenoxy) is 1. The van der Waals surface area contributed by atoms with Gasteiger partial charge in [-0.25, -0.2) is 0 Å². The maximum atomic E-state index is 11.5. The minimum atomic E-state index is 0.670. The van der Waals surface area contributed by atoms with Gasteiger partial charge in [0.05, 0.1) is 12.2 Å². The molecule has 0 saturated heterocycles. The average Bonchev–Trinajstić information content (AvgIpc) is 2.79. The number of hydrogen-bond donors (Lipinski definition) is 0. The lowest BCUT2D eigenvalue weighted by molar-refractivity contribution is 0.111. The summed E-state index contributed by atoms with van der Waals surface area (Å²) in [5, 5.41) is 0. The standard InChI is InChI=1S/C28H49NO2/c1-4-7-10-13-16-21-29(22-17-14-11-8-5-2)27-20-19-26(25-30)28(24-27)31-23-18-15-12-9-6-3/h19-20,24-25H,4-18,21-23H2,1-3H3. The summed E-state index contributed by atoms with van der Waals surface area (Å²) in [6.45, 7) is 9.65. The van der Waals surface area contributed by atoms with Crippen LogP contribution in [0.1, 0.15) is 127 Å². The monoisotopic (exact) mass is 431 g/mol. The average molecular weight is 432 g/mol. The highest BCUT2D eigenvalue weighted by Gasteiger charge is 2.11. The third kappa shape index (κ3) is 12.8. The van der Waals surface area contributed by atoms with Gasteiger partial charge in [-0.05, 0) is 31.4 Å². The molecule has 1 rings (SSSR count). The molecular formula is C28H49NO2. The first-order valence-electron chi connectivity index (χ1n) is 13.2. The second kappa shape index (κ2) is 19.2. The molecule has 0 aliphatic carbocycles. The van der Waals surface area contributed by atoms with Crippen LogP contribution in [0.4, 0.5) is 5.69 Å². The third-order valence-corrected chi connectivity index (χ3v) is 6.06. The normalized spacial score (nSPS) is 10.9. The molecule has 0 spiro atoms. The number of carbonyl (C=O) groups excluding carboxylic acids is 1. The van der Waals surface area contributed by atoms with Crippen LogP contribution >= 0.6 is 0 Å². The van der Waals surface area contributed by atoms with Crippen molar-refractivity contribution in [1.29, 1.82) is 0 Å². The largest absolute Gasteiger partial charge is 0.493 e. The first kappa shape index (κ1) is 27.5. The minimum absolute atomic E-state index is 0.670. The summed E-state index contributed by atoms with van der Waals surface area (Å²) < 4.78 is 6.06. The van der Waals surface area contributed by atoms with Crippen molar-refractivity contribution in [3.05, 3.63) is 23.8 Å². The van der Waals surface area contributed by atoms with Crippen LogP contribution in [0.5, 0.6) is 5.75 Å². The second-order valence-electron chi connectivity index (χ2n) is 8.92. The van der Waals surface area contributed by atoms with Gasteiger partial charge >= 0.3 is 0 Å². The molecule has 0 aromatic heterocycles. The van der Waals surface area contributed by atoms with Gasteiger partial charge in [0.1, 0.15) is 5.75 Å². The summed E-state index contributed by atoms with van der Waals surface area (Å²) in [6.07, 6.45) is 20.0. The van der Waals surface area contributed by atoms with E-state index >= 15 is 0 Å². The van der Waals surface area contributed by atoms with Crippen molar-refractivity contribution in [2.24, 2.45) is 0 Å². The fourth-order valence-electron chi connectivity index (χ4n) is 4.01. The van der Waals surface area contributed by atoms with E-state index < -0.39 is 0 Å². The molecule has 178 valence electrons. The maximum absolute atomic E-state index is 11.5. The molecule has 3 heteroatoms. The topological polar surface area (TPSA) is 29.5 Å². The van der Waals surface area contributed by atoms with E-state index in [0.29, 0.717) is 12.2 Å². The van der Waals surface area contributed by atoms with Crippen molar-refractivity contribution in [2.75, 3.05) is 24.6 Å². The molecule has 1 aromatic carbocycles. The molecule has 31 heavy (non-hydrogen) atoms. The van der Waals surface area contributed by atoms with Crippen LogP contribution < -0.4 is 9.64 Å². The zero-order valence-electron chi connectivity index (χ0n) is 20.8. The Morgan fingerprint density at radius 3 is 1.74 bits per heavy atom. The maximum Gasteiger partial charge on any atom is 0.153 e. The first-order valence-corrected chi connectivity index (χ1v) is 13.2. The predicted octanol–water partition coefficient (Wildman–Crippen LogP) is 8.60. The van der Waals surface area contributed by atoms with Gasteiger partial charge in [0.2, 0.25) is 0 Å². The molecule has 0 fully saturated rings. The van der Waals surface area contributed by atoms with Crippen LogP contribution in [0, 0.1) is 0 Å². The van der Waals surface area contributed by atoms with E-state index in [-0.39, 0.29) is 0 Å². The Balaban J connectivity index is 2.70. The number of carbonyl (C=O) groups is 1. The van der Waals surface area contributed by atoms with Gasteiger partial charge < -0.3 is 9.64 Å². The minimum Gasteiger partial charge on any atom is -0.493 e. The van der Waals surface area contributed by atoms with Gasteiger partial charge in [-0.2, -0.15) is 0 Å². The van der Waals surface area contributed by atoms with Crippen LogP contribution in [0.25, 0.3) is 0 Å². The molecule has 1 aromatic rings. The third-order valence-electron chi connectivity index (χ3n) is 6.06. The summed E-state index contributed by atoms with van der Waals surface area (Å²) in [7, 11) is 0. The van der Waals surface area contributed by atoms with Gasteiger partial charge in [-0.15, -0.1) is 0 Å². The van der Waals surface area contributed by atoms with Gasteiger partial charge in [0, 0.05) is 24.8 Å². The van der Waals surface area contributed by atoms with E-state index in [4.69, 9.17) is 4.74 Å². The molecule has 0 amide bonds. The first-order chi connectivity index (χ1) is 15.3. The fourth-order valence-corrected chi connectivity index (χ4v) is 4.01. The van der Waals surface area contributed by atoms with Crippen molar-refractivity contribution in [3.8, 4) is 5.75 Å². The lowest BCUT2D eigenvalue weighted by Gasteiger charge is -2.26. The van der Waals surface area contributed by atoms with Crippen molar-refractivity contribution in [2.45, 2.75) is 117 Å². The lowest BCUT2D eigenvalue weighted by Crippen LogP contribution is -2.26. The van der Waals surface area contributed by atoms with Crippen LogP contribution in [0.2, 0.25) is 0 Å². The number of rotatable bonds is 21. The summed E-state index contributed by atoms with van der Waals surface area (Å²) in [6, 6.07) is 6.15. The Morgan fingerprint density at radius 1 is 0.710 bits per heavy atom. The zero-order valence-corrected chi connectivity index (χ0v) is 20.8. The van der Waals surface area contributed by atoms with E-state index in [9.17, 15) is 4.79 Å². The Bertz CT molecular complexity index is 544. The summed E-state index contributed by atoms with van der Waals surface area (Å²) in [5.41, 5.74) is 1.88. The van der Waals surface area contributed by atoms with Crippen LogP contribution in [-0.2, 0) is 0 Å². The molecule has 0 unspecified atom stereocenters. The smallest absolute Gasteiger partial charge is 0.153 e. The zero-order chi connectivity index (χ0) is 22.6. The molecule has 3 nitrogen and oxygen atoms in total. The van der Waals surface area contributed by atoms with E-state index in [1.54, 1.807) is 0 Å². The van der Waals surface area contributed by atoms with E-state index in [2.05, 4.69) is 37.8 Å². The highest BCUT2D eigenvalue weighted by atomic mass is 16.5. The van der Waals surface area contributed by atoms with Gasteiger partial charge in [0.15, 0.2) is 6.29 Å². The van der Waals surface area contributed by atoms with E-state index in [0.717, 1.165) is 31.5 Å². The number of aldehydes is 1. The number of hydrogen-bond acceptors (Lipinski definition) is 3. The highest BCUT2D eigenvalue weighted by molar-refractivity contribution is 5.80. The summed E-state index contributed by atoms with van der Waals surface area (Å²) >= 11 is 0. The molecule has 0 aliphatic rings. The van der Waals surface area contributed by atoms with Crippen LogP contribution in [-0.4, -0.2) is 26.0 Å². The molecule has 0 atom stereocenters. The van der Waals surface area contributed by atoms with E-state index in [1.807, 2.05) is 6.07 Å². The van der Waals surface area contributed by atoms with E-state index in [1.165, 1.54) is 95.6 Å². The predicted molar refractivity (Wildman–Crippen MR) is 136 cm³/mol. The quantitative estimate of drug-likeness (QED) is 0.144. The van der Waals surface area contributed by atoms with Gasteiger partial charge in [-0.1, -0.05) is 97.8 Å². The molecule has 0 aliphatic heterocycles. The van der Waals surface area contributed by atoms with Gasteiger partial charge in [-0.3, -0.25) is 4.79 Å². The molecule has 0 saturated carbocycles. The summed E-state index contributed by atoms with van der Waals surface area (Å²) in [4.78, 5) is 14.0. The van der Waals surface area contributed by atoms with Crippen molar-refractivity contribution in [3.63, 3.8) is 0 Å². The Kier molecular flexibility index (Phi) is 17.0. The van der Waals surface area contributed by atoms with Gasteiger partial charge in [0.25, 0.3) is 0 Å². The second-order valence-corrected chi connectivity index (χ2v) is 8.92. The fraction of sp³-hybridized carbons (Fsp3) is 0.750. The molecule has 0 N–H and O–H groups in total. The summed E-state index contributed by atoms with van der Waals surface area (Å²) in [5.74, 6) is 0.755. The number of nitrogens with zero attached hydrogens (tertiary/aromatic N) is 1. The molecule has 0 heterocycles.